The molecule has 0 amide bonds. The highest BCUT2D eigenvalue weighted by atomic mass is 16.4. The fourth-order valence-electron chi connectivity index (χ4n) is 2.69. The fourth-order valence-corrected chi connectivity index (χ4v) is 2.69. The van der Waals surface area contributed by atoms with Gasteiger partial charge in [-0.25, -0.2) is 0 Å². The molecule has 0 aromatic heterocycles. The number of nitrogens with zero attached hydrogens (tertiary/aromatic N) is 1. The summed E-state index contributed by atoms with van der Waals surface area (Å²) in [5.74, 6) is 0. The van der Waals surface area contributed by atoms with E-state index in [2.05, 4.69) is 5.32 Å². The third-order valence-corrected chi connectivity index (χ3v) is 3.54. The molecule has 2 rings (SSSR count). The minimum absolute atomic E-state index is 0.137. The summed E-state index contributed by atoms with van der Waals surface area (Å²) in [5, 5.41) is 32.2. The second-order valence-corrected chi connectivity index (χ2v) is 4.69. The Labute approximate surface area is 83.5 Å². The van der Waals surface area contributed by atoms with Crippen molar-refractivity contribution >= 4 is 0 Å². The molecule has 0 aromatic carbocycles. The van der Waals surface area contributed by atoms with Crippen LogP contribution in [0.5, 0.6) is 0 Å². The first-order valence-electron chi connectivity index (χ1n) is 5.16. The molecule has 2 fully saturated rings. The molecule has 0 saturated carbocycles. The molecule has 0 spiro atoms. The zero-order valence-corrected chi connectivity index (χ0v) is 8.43. The standard InChI is InChI=1S/C9H19N2O3/c1-11-4-2-3-10-9(11)8(14)7(13)6(12)5-11/h6-10,12-14H,2-5H2,1H3/q+1/t6-,7+,8-,9-,11?/m1/s1. The Morgan fingerprint density at radius 2 is 1.93 bits per heavy atom. The Hall–Kier alpha value is -0.200. The van der Waals surface area contributed by atoms with Gasteiger partial charge in [-0.15, -0.1) is 0 Å². The Morgan fingerprint density at radius 1 is 1.21 bits per heavy atom. The van der Waals surface area contributed by atoms with Gasteiger partial charge in [0.1, 0.15) is 24.9 Å². The van der Waals surface area contributed by atoms with Crippen LogP contribution >= 0.6 is 0 Å². The quantitative estimate of drug-likeness (QED) is 0.339. The van der Waals surface area contributed by atoms with Crippen LogP contribution in [0.25, 0.3) is 0 Å². The van der Waals surface area contributed by atoms with E-state index in [-0.39, 0.29) is 6.17 Å². The minimum Gasteiger partial charge on any atom is -0.387 e. The maximum Gasteiger partial charge on any atom is 0.172 e. The molecular formula is C9H19N2O3+. The summed E-state index contributed by atoms with van der Waals surface area (Å²) in [4.78, 5) is 0. The number of piperidine rings is 1. The summed E-state index contributed by atoms with van der Waals surface area (Å²) in [6, 6.07) is 0. The van der Waals surface area contributed by atoms with E-state index in [0.717, 1.165) is 19.5 Å². The SMILES string of the molecule is C[N+]12CCCN[C@H]1[C@H](O)[C@@H](O)[C@H](O)C2. The number of aliphatic hydroxyl groups excluding tert-OH is 3. The highest BCUT2D eigenvalue weighted by molar-refractivity contribution is 4.87. The van der Waals surface area contributed by atoms with Crippen molar-refractivity contribution in [1.29, 1.82) is 0 Å². The number of quaternary nitrogens is 1. The van der Waals surface area contributed by atoms with Gasteiger partial charge >= 0.3 is 0 Å². The molecule has 5 atom stereocenters. The second-order valence-electron chi connectivity index (χ2n) is 4.69. The zero-order chi connectivity index (χ0) is 10.3. The van der Waals surface area contributed by atoms with Crippen molar-refractivity contribution in [2.45, 2.75) is 30.9 Å². The molecule has 0 aliphatic carbocycles. The summed E-state index contributed by atoms with van der Waals surface area (Å²) in [6.45, 7) is 2.33. The van der Waals surface area contributed by atoms with Crippen molar-refractivity contribution < 1.29 is 19.8 Å². The lowest BCUT2D eigenvalue weighted by molar-refractivity contribution is -0.953. The normalized spacial score (nSPS) is 54.0. The van der Waals surface area contributed by atoms with Crippen LogP contribution in [0, 0.1) is 0 Å². The first kappa shape index (κ1) is 10.3. The average molecular weight is 203 g/mol. The van der Waals surface area contributed by atoms with Crippen LogP contribution in [0.3, 0.4) is 0 Å². The smallest absolute Gasteiger partial charge is 0.172 e. The van der Waals surface area contributed by atoms with Gasteiger partial charge in [-0.3, -0.25) is 5.32 Å². The summed E-state index contributed by atoms with van der Waals surface area (Å²) >= 11 is 0. The predicted molar refractivity (Wildman–Crippen MR) is 50.3 cm³/mol. The fraction of sp³-hybridized carbons (Fsp3) is 1.00. The Kier molecular flexibility index (Phi) is 2.53. The topological polar surface area (TPSA) is 72.7 Å². The van der Waals surface area contributed by atoms with Gasteiger partial charge in [0.2, 0.25) is 0 Å². The van der Waals surface area contributed by atoms with E-state index in [1.54, 1.807) is 0 Å². The number of likely N-dealkylation sites (N-methyl/N-ethyl adjacent to an activating group) is 1. The summed E-state index contributed by atoms with van der Waals surface area (Å²) in [7, 11) is 2.01. The van der Waals surface area contributed by atoms with Gasteiger partial charge in [0, 0.05) is 13.0 Å². The molecule has 4 N–H and O–H groups in total. The number of hydrogen-bond acceptors (Lipinski definition) is 4. The highest BCUT2D eigenvalue weighted by Crippen LogP contribution is 2.26. The summed E-state index contributed by atoms with van der Waals surface area (Å²) in [6.07, 6.45) is -1.79. The van der Waals surface area contributed by atoms with E-state index in [1.807, 2.05) is 7.05 Å². The molecule has 0 radical (unpaired) electrons. The molecule has 2 aliphatic rings. The molecule has 2 heterocycles. The zero-order valence-electron chi connectivity index (χ0n) is 8.43. The monoisotopic (exact) mass is 203 g/mol. The summed E-state index contributed by atoms with van der Waals surface area (Å²) in [5.41, 5.74) is 0. The van der Waals surface area contributed by atoms with E-state index in [4.69, 9.17) is 0 Å². The number of rotatable bonds is 0. The van der Waals surface area contributed by atoms with Crippen LogP contribution < -0.4 is 5.32 Å². The van der Waals surface area contributed by atoms with Gasteiger partial charge in [-0.05, 0) is 0 Å². The average Bonchev–Trinajstić information content (AvgIpc) is 2.14. The maximum atomic E-state index is 9.82. The number of fused-ring (bicyclic) bond motifs is 1. The predicted octanol–water partition coefficient (Wildman–Crippen LogP) is -2.15. The van der Waals surface area contributed by atoms with Crippen LogP contribution in [0.4, 0.5) is 0 Å². The highest BCUT2D eigenvalue weighted by Gasteiger charge is 2.51. The molecule has 82 valence electrons. The van der Waals surface area contributed by atoms with Crippen molar-refractivity contribution in [2.24, 2.45) is 0 Å². The summed E-state index contributed by atoms with van der Waals surface area (Å²) < 4.78 is 0.611. The van der Waals surface area contributed by atoms with Gasteiger partial charge in [0.15, 0.2) is 6.17 Å². The lowest BCUT2D eigenvalue weighted by Crippen LogP contribution is -2.75. The van der Waals surface area contributed by atoms with Crippen LogP contribution in [0.15, 0.2) is 0 Å². The van der Waals surface area contributed by atoms with Crippen molar-refractivity contribution in [3.63, 3.8) is 0 Å². The van der Waals surface area contributed by atoms with Crippen LogP contribution in [0.2, 0.25) is 0 Å². The molecule has 0 bridgehead atoms. The van der Waals surface area contributed by atoms with E-state index in [1.165, 1.54) is 0 Å². The first-order chi connectivity index (χ1) is 6.54. The molecule has 2 aliphatic heterocycles. The second kappa shape index (κ2) is 3.43. The Bertz CT molecular complexity index is 226. The van der Waals surface area contributed by atoms with Crippen molar-refractivity contribution in [2.75, 3.05) is 26.7 Å². The van der Waals surface area contributed by atoms with E-state index < -0.39 is 18.3 Å². The molecule has 5 nitrogen and oxygen atoms in total. The van der Waals surface area contributed by atoms with Crippen molar-refractivity contribution in [1.82, 2.24) is 5.32 Å². The van der Waals surface area contributed by atoms with Gasteiger partial charge in [0.05, 0.1) is 13.6 Å². The largest absolute Gasteiger partial charge is 0.387 e. The van der Waals surface area contributed by atoms with Gasteiger partial charge in [-0.2, -0.15) is 0 Å². The van der Waals surface area contributed by atoms with Crippen LogP contribution in [0.1, 0.15) is 6.42 Å². The molecule has 2 saturated heterocycles. The van der Waals surface area contributed by atoms with E-state index in [9.17, 15) is 15.3 Å². The Balaban J connectivity index is 2.20. The van der Waals surface area contributed by atoms with Gasteiger partial charge in [-0.1, -0.05) is 0 Å². The van der Waals surface area contributed by atoms with Gasteiger partial charge in [0.25, 0.3) is 0 Å². The van der Waals surface area contributed by atoms with Crippen LogP contribution in [-0.4, -0.2) is 71.0 Å². The number of aliphatic hydroxyl groups is 3. The number of hydrogen-bond donors (Lipinski definition) is 4. The molecular weight excluding hydrogens is 184 g/mol. The molecule has 1 unspecified atom stereocenters. The minimum atomic E-state index is -1.02. The lowest BCUT2D eigenvalue weighted by atomic mass is 9.94. The van der Waals surface area contributed by atoms with Crippen molar-refractivity contribution in [3.05, 3.63) is 0 Å². The molecule has 14 heavy (non-hydrogen) atoms. The maximum absolute atomic E-state index is 9.82. The van der Waals surface area contributed by atoms with E-state index >= 15 is 0 Å². The first-order valence-corrected chi connectivity index (χ1v) is 5.16. The van der Waals surface area contributed by atoms with E-state index in [0.29, 0.717) is 11.0 Å². The molecule has 5 heteroatoms. The van der Waals surface area contributed by atoms with Crippen LogP contribution in [-0.2, 0) is 0 Å². The van der Waals surface area contributed by atoms with Gasteiger partial charge < -0.3 is 19.8 Å². The third-order valence-electron chi connectivity index (χ3n) is 3.54. The lowest BCUT2D eigenvalue weighted by Gasteiger charge is -2.52. The number of nitrogens with one attached hydrogen (secondary N) is 1. The molecule has 0 aromatic rings. The van der Waals surface area contributed by atoms with Crippen molar-refractivity contribution in [3.8, 4) is 0 Å². The Morgan fingerprint density at radius 3 is 2.64 bits per heavy atom. The third kappa shape index (κ3) is 1.45.